The summed E-state index contributed by atoms with van der Waals surface area (Å²) in [7, 11) is 0. The minimum atomic E-state index is -0.425. The van der Waals surface area contributed by atoms with Crippen molar-refractivity contribution in [3.05, 3.63) is 64.7 Å². The summed E-state index contributed by atoms with van der Waals surface area (Å²) in [6.45, 7) is 1.84. The summed E-state index contributed by atoms with van der Waals surface area (Å²) in [5.41, 5.74) is 9.13. The van der Waals surface area contributed by atoms with Crippen molar-refractivity contribution in [3.8, 4) is 16.9 Å². The molecule has 3 aromatic heterocycles. The second kappa shape index (κ2) is 8.33. The lowest BCUT2D eigenvalue weighted by Gasteiger charge is -2.07. The SMILES string of the molecule is Cc1cc(-c2ccc3nonc3c2)cnc1-n1cnn(C/C(=C/F)CN)c1=O.Cl. The zero-order valence-electron chi connectivity index (χ0n) is 15.3. The van der Waals surface area contributed by atoms with Crippen LogP contribution in [0.25, 0.3) is 28.0 Å². The van der Waals surface area contributed by atoms with Crippen LogP contribution in [0.4, 0.5) is 4.39 Å². The number of hydrogen-bond donors (Lipinski definition) is 1. The van der Waals surface area contributed by atoms with Gasteiger partial charge in [-0.2, -0.15) is 5.10 Å². The third-order valence-corrected chi connectivity index (χ3v) is 4.37. The highest BCUT2D eigenvalue weighted by molar-refractivity contribution is 5.85. The van der Waals surface area contributed by atoms with Crippen LogP contribution in [-0.2, 0) is 6.54 Å². The monoisotopic (exact) mass is 417 g/mol. The first kappa shape index (κ1) is 20.4. The van der Waals surface area contributed by atoms with Crippen LogP contribution in [0.15, 0.2) is 58.1 Å². The van der Waals surface area contributed by atoms with E-state index in [-0.39, 0.29) is 31.1 Å². The van der Waals surface area contributed by atoms with Gasteiger partial charge in [-0.1, -0.05) is 6.07 Å². The third-order valence-electron chi connectivity index (χ3n) is 4.37. The van der Waals surface area contributed by atoms with E-state index in [1.54, 1.807) is 6.20 Å². The molecule has 0 amide bonds. The van der Waals surface area contributed by atoms with Crippen LogP contribution in [0.3, 0.4) is 0 Å². The van der Waals surface area contributed by atoms with Gasteiger partial charge < -0.3 is 5.73 Å². The zero-order valence-corrected chi connectivity index (χ0v) is 16.1. The first-order valence-corrected chi connectivity index (χ1v) is 8.43. The number of benzene rings is 1. The highest BCUT2D eigenvalue weighted by Gasteiger charge is 2.13. The third kappa shape index (κ3) is 3.80. The summed E-state index contributed by atoms with van der Waals surface area (Å²) >= 11 is 0. The number of hydrogen-bond acceptors (Lipinski definition) is 7. The second-order valence-electron chi connectivity index (χ2n) is 6.24. The van der Waals surface area contributed by atoms with Gasteiger partial charge in [-0.25, -0.2) is 28.0 Å². The minimum Gasteiger partial charge on any atom is -0.327 e. The Balaban J connectivity index is 0.00000240. The van der Waals surface area contributed by atoms with Gasteiger partial charge in [-0.15, -0.1) is 12.4 Å². The fourth-order valence-corrected chi connectivity index (χ4v) is 2.87. The molecule has 11 heteroatoms. The predicted octanol–water partition coefficient (Wildman–Crippen LogP) is 2.17. The molecule has 4 aromatic rings. The molecule has 3 heterocycles. The van der Waals surface area contributed by atoms with Crippen molar-refractivity contribution in [2.75, 3.05) is 6.54 Å². The Morgan fingerprint density at radius 1 is 1.24 bits per heavy atom. The lowest BCUT2D eigenvalue weighted by atomic mass is 10.1. The van der Waals surface area contributed by atoms with E-state index in [4.69, 9.17) is 10.4 Å². The molecule has 0 aliphatic heterocycles. The van der Waals surface area contributed by atoms with Gasteiger partial charge in [0, 0.05) is 18.3 Å². The minimum absolute atomic E-state index is 0. The highest BCUT2D eigenvalue weighted by Crippen LogP contribution is 2.24. The van der Waals surface area contributed by atoms with Gasteiger partial charge in [-0.05, 0) is 52.1 Å². The van der Waals surface area contributed by atoms with E-state index in [0.29, 0.717) is 23.2 Å². The Labute approximate surface area is 170 Å². The average Bonchev–Trinajstić information content (AvgIpc) is 3.32. The fourth-order valence-electron chi connectivity index (χ4n) is 2.87. The van der Waals surface area contributed by atoms with E-state index in [9.17, 15) is 9.18 Å². The van der Waals surface area contributed by atoms with Crippen LogP contribution >= 0.6 is 12.4 Å². The van der Waals surface area contributed by atoms with Crippen molar-refractivity contribution in [2.45, 2.75) is 13.5 Å². The van der Waals surface area contributed by atoms with Crippen molar-refractivity contribution in [2.24, 2.45) is 5.73 Å². The molecule has 0 atom stereocenters. The smallest absolute Gasteiger partial charge is 0.327 e. The molecule has 0 saturated heterocycles. The Morgan fingerprint density at radius 3 is 2.76 bits per heavy atom. The van der Waals surface area contributed by atoms with E-state index in [0.717, 1.165) is 21.4 Å². The number of pyridine rings is 1. The molecule has 150 valence electrons. The van der Waals surface area contributed by atoms with Crippen LogP contribution in [0, 0.1) is 6.92 Å². The van der Waals surface area contributed by atoms with Crippen molar-refractivity contribution in [3.63, 3.8) is 0 Å². The Morgan fingerprint density at radius 2 is 2.03 bits per heavy atom. The molecular formula is C18H17ClFN7O2. The van der Waals surface area contributed by atoms with Crippen molar-refractivity contribution in [1.29, 1.82) is 0 Å². The predicted molar refractivity (Wildman–Crippen MR) is 107 cm³/mol. The van der Waals surface area contributed by atoms with E-state index in [2.05, 4.69) is 20.4 Å². The van der Waals surface area contributed by atoms with Crippen LogP contribution in [0.2, 0.25) is 0 Å². The van der Waals surface area contributed by atoms with E-state index in [1.165, 1.54) is 10.9 Å². The first-order valence-electron chi connectivity index (χ1n) is 8.43. The van der Waals surface area contributed by atoms with Gasteiger partial charge in [-0.3, -0.25) is 0 Å². The largest absolute Gasteiger partial charge is 0.351 e. The van der Waals surface area contributed by atoms with Crippen LogP contribution in [0.5, 0.6) is 0 Å². The van der Waals surface area contributed by atoms with E-state index < -0.39 is 5.69 Å². The molecule has 1 aromatic carbocycles. The van der Waals surface area contributed by atoms with Crippen LogP contribution in [-0.4, -0.2) is 36.2 Å². The summed E-state index contributed by atoms with van der Waals surface area (Å²) in [6.07, 6.45) is 3.41. The van der Waals surface area contributed by atoms with E-state index in [1.807, 2.05) is 31.2 Å². The van der Waals surface area contributed by atoms with Gasteiger partial charge in [0.1, 0.15) is 23.2 Å². The molecule has 9 nitrogen and oxygen atoms in total. The zero-order chi connectivity index (χ0) is 19.7. The molecule has 29 heavy (non-hydrogen) atoms. The van der Waals surface area contributed by atoms with Crippen molar-refractivity contribution in [1.82, 2.24) is 29.6 Å². The van der Waals surface area contributed by atoms with Crippen LogP contribution < -0.4 is 11.4 Å². The van der Waals surface area contributed by atoms with Crippen molar-refractivity contribution < 1.29 is 9.02 Å². The van der Waals surface area contributed by atoms with Crippen molar-refractivity contribution >= 4 is 23.4 Å². The Bertz CT molecular complexity index is 1240. The normalized spacial score (nSPS) is 11.6. The number of nitrogens with zero attached hydrogens (tertiary/aromatic N) is 6. The molecule has 0 spiro atoms. The molecule has 2 N–H and O–H groups in total. The lowest BCUT2D eigenvalue weighted by molar-refractivity contribution is 0.315. The molecular weight excluding hydrogens is 401 g/mol. The quantitative estimate of drug-likeness (QED) is 0.528. The highest BCUT2D eigenvalue weighted by atomic mass is 35.5. The molecule has 0 bridgehead atoms. The fraction of sp³-hybridized carbons (Fsp3) is 0.167. The standard InChI is InChI=1S/C18H16FN7O2.ClH/c1-11-4-14(13-2-3-15-16(5-13)24-28-23-15)8-21-17(11)25-10-22-26(18(25)27)9-12(6-19)7-20;/h2-6,8,10H,7,9,20H2,1H3;1H/b12-6+;. The summed E-state index contributed by atoms with van der Waals surface area (Å²) < 4.78 is 19.9. The number of nitrogens with two attached hydrogens (primary N) is 1. The summed E-state index contributed by atoms with van der Waals surface area (Å²) in [4.78, 5) is 17.0. The number of fused-ring (bicyclic) bond motifs is 1. The van der Waals surface area contributed by atoms with Crippen LogP contribution in [0.1, 0.15) is 5.56 Å². The topological polar surface area (TPSA) is 118 Å². The van der Waals surface area contributed by atoms with Gasteiger partial charge in [0.25, 0.3) is 0 Å². The Hall–Kier alpha value is -3.37. The maximum absolute atomic E-state index is 12.7. The average molecular weight is 418 g/mol. The summed E-state index contributed by atoms with van der Waals surface area (Å²) in [5.74, 6) is 0.447. The number of aromatic nitrogens is 6. The van der Waals surface area contributed by atoms with Gasteiger partial charge in [0.15, 0.2) is 0 Å². The molecule has 0 aliphatic carbocycles. The van der Waals surface area contributed by atoms with E-state index >= 15 is 0 Å². The molecule has 0 aliphatic rings. The number of rotatable bonds is 5. The summed E-state index contributed by atoms with van der Waals surface area (Å²) in [5, 5.41) is 11.6. The van der Waals surface area contributed by atoms with Gasteiger partial charge in [0.2, 0.25) is 0 Å². The molecule has 0 unspecified atom stereocenters. The maximum atomic E-state index is 12.7. The Kier molecular flexibility index (Phi) is 5.85. The molecule has 0 fully saturated rings. The lowest BCUT2D eigenvalue weighted by Crippen LogP contribution is -2.26. The second-order valence-corrected chi connectivity index (χ2v) is 6.24. The molecule has 4 rings (SSSR count). The summed E-state index contributed by atoms with van der Waals surface area (Å²) in [6, 6.07) is 7.47. The molecule has 0 saturated carbocycles. The molecule has 0 radical (unpaired) electrons. The number of aryl methyl sites for hydroxylation is 1. The van der Waals surface area contributed by atoms with Gasteiger partial charge >= 0.3 is 5.69 Å². The maximum Gasteiger partial charge on any atom is 0.351 e. The number of halogens is 2. The van der Waals surface area contributed by atoms with Gasteiger partial charge in [0.05, 0.1) is 12.9 Å². The first-order chi connectivity index (χ1) is 13.6.